The maximum absolute atomic E-state index is 12.8. The number of halogens is 1. The number of hydrogen-bond acceptors (Lipinski definition) is 4. The summed E-state index contributed by atoms with van der Waals surface area (Å²) in [5.74, 6) is -0.129. The van der Waals surface area contributed by atoms with Crippen molar-refractivity contribution in [3.05, 3.63) is 82.3 Å². The van der Waals surface area contributed by atoms with E-state index in [1.165, 1.54) is 0 Å². The van der Waals surface area contributed by atoms with Gasteiger partial charge in [0.2, 0.25) is 0 Å². The summed E-state index contributed by atoms with van der Waals surface area (Å²) >= 11 is 6.38. The molecule has 206 valence electrons. The van der Waals surface area contributed by atoms with Crippen LogP contribution in [-0.4, -0.2) is 38.6 Å². The van der Waals surface area contributed by atoms with Gasteiger partial charge in [0.05, 0.1) is 30.1 Å². The van der Waals surface area contributed by atoms with Gasteiger partial charge in [-0.05, 0) is 50.3 Å². The van der Waals surface area contributed by atoms with Crippen LogP contribution in [-0.2, 0) is 31.4 Å². The highest BCUT2D eigenvalue weighted by molar-refractivity contribution is 6.35. The van der Waals surface area contributed by atoms with Gasteiger partial charge in [-0.2, -0.15) is 5.10 Å². The Hall–Kier alpha value is -3.81. The highest BCUT2D eigenvalue weighted by Gasteiger charge is 2.27. The second-order valence-electron chi connectivity index (χ2n) is 10.3. The van der Waals surface area contributed by atoms with Gasteiger partial charge < -0.3 is 19.1 Å². The Morgan fingerprint density at radius 1 is 1.07 bits per heavy atom. The summed E-state index contributed by atoms with van der Waals surface area (Å²) in [6.07, 6.45) is 2.94. The summed E-state index contributed by atoms with van der Waals surface area (Å²) in [5, 5.41) is 18.7. The Morgan fingerprint density at radius 2 is 1.85 bits per heavy atom. The van der Waals surface area contributed by atoms with E-state index in [1.54, 1.807) is 0 Å². The molecule has 0 bridgehead atoms. The lowest BCUT2D eigenvalue weighted by Crippen LogP contribution is -2.12. The zero-order valence-electron chi connectivity index (χ0n) is 22.7. The molecule has 0 saturated heterocycles. The third kappa shape index (κ3) is 4.63. The molecule has 0 unspecified atom stereocenters. The van der Waals surface area contributed by atoms with Crippen LogP contribution in [0, 0.1) is 6.92 Å². The van der Waals surface area contributed by atoms with Crippen molar-refractivity contribution in [2.24, 2.45) is 7.05 Å². The fourth-order valence-corrected chi connectivity index (χ4v) is 6.31. The molecule has 6 rings (SSSR count). The van der Waals surface area contributed by atoms with Gasteiger partial charge in [0.15, 0.2) is 0 Å². The number of para-hydroxylation sites is 1. The molecule has 7 nitrogen and oxygen atoms in total. The van der Waals surface area contributed by atoms with Crippen LogP contribution >= 0.6 is 11.6 Å². The van der Waals surface area contributed by atoms with Gasteiger partial charge in [-0.3, -0.25) is 4.68 Å². The summed E-state index contributed by atoms with van der Waals surface area (Å²) < 4.78 is 16.1. The fraction of sp³-hybridized carbons (Fsp3) is 0.312. The first-order chi connectivity index (χ1) is 19.5. The molecule has 8 heteroatoms. The van der Waals surface area contributed by atoms with E-state index in [2.05, 4.69) is 11.2 Å². The van der Waals surface area contributed by atoms with Gasteiger partial charge in [-0.1, -0.05) is 54.1 Å². The van der Waals surface area contributed by atoms with Gasteiger partial charge in [0, 0.05) is 52.5 Å². The lowest BCUT2D eigenvalue weighted by molar-refractivity contribution is 0.0683. The topological polar surface area (TPSA) is 78.5 Å². The Balaban J connectivity index is 1.39. The number of aryl methyl sites for hydroxylation is 4. The number of benzene rings is 3. The average molecular weight is 558 g/mol. The van der Waals surface area contributed by atoms with E-state index in [0.717, 1.165) is 68.3 Å². The van der Waals surface area contributed by atoms with E-state index in [0.29, 0.717) is 49.9 Å². The number of hydrogen-bond donors (Lipinski definition) is 1. The van der Waals surface area contributed by atoms with Gasteiger partial charge >= 0.3 is 5.97 Å². The summed E-state index contributed by atoms with van der Waals surface area (Å²) in [6, 6.07) is 17.8. The minimum Gasteiger partial charge on any atom is -0.493 e. The molecule has 2 aromatic heterocycles. The predicted molar refractivity (Wildman–Crippen MR) is 158 cm³/mol. The number of carbonyl (C=O) groups is 1. The van der Waals surface area contributed by atoms with Crippen molar-refractivity contribution < 1.29 is 19.4 Å². The van der Waals surface area contributed by atoms with E-state index in [-0.39, 0.29) is 0 Å². The van der Waals surface area contributed by atoms with Crippen molar-refractivity contribution in [1.29, 1.82) is 0 Å². The van der Waals surface area contributed by atoms with E-state index < -0.39 is 5.97 Å². The number of ether oxygens (including phenoxy) is 2. The molecule has 40 heavy (non-hydrogen) atoms. The SMILES string of the molecule is Cc1nn(C)c2c1-c1cccc3c(CCCOc4cccc5c(Cl)cccc45)c(C(=O)O)n(c13)CCCCOC2. The van der Waals surface area contributed by atoms with Crippen LogP contribution in [0.2, 0.25) is 5.02 Å². The molecule has 0 atom stereocenters. The Morgan fingerprint density at radius 3 is 2.70 bits per heavy atom. The van der Waals surface area contributed by atoms with E-state index in [4.69, 9.17) is 21.1 Å². The van der Waals surface area contributed by atoms with Gasteiger partial charge in [0.25, 0.3) is 0 Å². The molecule has 3 heterocycles. The van der Waals surface area contributed by atoms with E-state index in [9.17, 15) is 9.90 Å². The van der Waals surface area contributed by atoms with Gasteiger partial charge in [-0.15, -0.1) is 0 Å². The maximum Gasteiger partial charge on any atom is 0.352 e. The average Bonchev–Trinajstić information content (AvgIpc) is 3.40. The van der Waals surface area contributed by atoms with Crippen molar-refractivity contribution >= 4 is 39.2 Å². The molecule has 0 spiro atoms. The second kappa shape index (κ2) is 11.0. The van der Waals surface area contributed by atoms with Crippen molar-refractivity contribution in [2.75, 3.05) is 13.2 Å². The fourth-order valence-electron chi connectivity index (χ4n) is 6.07. The molecular formula is C32H32ClN3O4. The van der Waals surface area contributed by atoms with Crippen LogP contribution in [0.3, 0.4) is 0 Å². The summed E-state index contributed by atoms with van der Waals surface area (Å²) in [5.41, 5.74) is 6.10. The van der Waals surface area contributed by atoms with Crippen LogP contribution in [0.15, 0.2) is 54.6 Å². The number of carboxylic acid groups (broad SMARTS) is 1. The molecule has 5 aromatic rings. The van der Waals surface area contributed by atoms with Crippen molar-refractivity contribution in [3.8, 4) is 16.9 Å². The number of nitrogens with zero attached hydrogens (tertiary/aromatic N) is 3. The van der Waals surface area contributed by atoms with Gasteiger partial charge in [0.1, 0.15) is 11.4 Å². The van der Waals surface area contributed by atoms with Crippen molar-refractivity contribution in [2.45, 2.75) is 45.8 Å². The highest BCUT2D eigenvalue weighted by Crippen LogP contribution is 2.39. The molecule has 0 fully saturated rings. The van der Waals surface area contributed by atoms with Crippen LogP contribution < -0.4 is 4.74 Å². The predicted octanol–water partition coefficient (Wildman–Crippen LogP) is 7.18. The molecule has 0 aliphatic carbocycles. The second-order valence-corrected chi connectivity index (χ2v) is 10.7. The minimum absolute atomic E-state index is 0.364. The van der Waals surface area contributed by atoms with Crippen molar-refractivity contribution in [1.82, 2.24) is 14.3 Å². The number of rotatable bonds is 6. The standard InChI is InChI=1S/C32H32ClN3O4/c1-20-29-25-12-5-11-23-24(13-8-18-40-28-15-7-9-21-22(28)10-6-14-26(21)33)31(32(37)38)36(30(23)25)16-3-4-17-39-19-27(29)35(2)34-20/h5-7,9-12,14-15H,3-4,8,13,16-19H2,1-2H3,(H,37,38). The highest BCUT2D eigenvalue weighted by atomic mass is 35.5. The number of aromatic carboxylic acids is 1. The first-order valence-electron chi connectivity index (χ1n) is 13.7. The zero-order valence-corrected chi connectivity index (χ0v) is 23.5. The largest absolute Gasteiger partial charge is 0.493 e. The Labute approximate surface area is 237 Å². The van der Waals surface area contributed by atoms with Crippen LogP contribution in [0.4, 0.5) is 0 Å². The first-order valence-corrected chi connectivity index (χ1v) is 14.1. The maximum atomic E-state index is 12.8. The lowest BCUT2D eigenvalue weighted by Gasteiger charge is -2.12. The lowest BCUT2D eigenvalue weighted by atomic mass is 9.98. The first kappa shape index (κ1) is 26.4. The molecule has 0 amide bonds. The smallest absolute Gasteiger partial charge is 0.352 e. The third-order valence-electron chi connectivity index (χ3n) is 7.82. The van der Waals surface area contributed by atoms with Crippen molar-refractivity contribution in [3.63, 3.8) is 0 Å². The quantitative estimate of drug-likeness (QED) is 0.224. The third-order valence-corrected chi connectivity index (χ3v) is 8.15. The minimum atomic E-state index is -0.906. The molecule has 1 aliphatic rings. The number of carboxylic acids is 1. The van der Waals surface area contributed by atoms with Gasteiger partial charge in [-0.25, -0.2) is 4.79 Å². The Kier molecular flexibility index (Phi) is 7.26. The molecule has 1 N–H and O–H groups in total. The number of aromatic nitrogens is 3. The summed E-state index contributed by atoms with van der Waals surface area (Å²) in [6.45, 7) is 4.16. The number of fused-ring (bicyclic) bond motifs is 3. The molecule has 1 aliphatic heterocycles. The van der Waals surface area contributed by atoms with E-state index in [1.807, 2.05) is 71.8 Å². The molecule has 0 radical (unpaired) electrons. The Bertz CT molecular complexity index is 1740. The zero-order chi connectivity index (χ0) is 27.8. The summed E-state index contributed by atoms with van der Waals surface area (Å²) in [7, 11) is 1.94. The summed E-state index contributed by atoms with van der Waals surface area (Å²) in [4.78, 5) is 12.8. The van der Waals surface area contributed by atoms with Crippen LogP contribution in [0.1, 0.15) is 46.7 Å². The van der Waals surface area contributed by atoms with Crippen LogP contribution in [0.25, 0.3) is 32.8 Å². The van der Waals surface area contributed by atoms with Crippen LogP contribution in [0.5, 0.6) is 5.75 Å². The molecular weight excluding hydrogens is 526 g/mol. The monoisotopic (exact) mass is 557 g/mol. The normalized spacial score (nSPS) is 13.8. The van der Waals surface area contributed by atoms with E-state index >= 15 is 0 Å². The molecule has 0 saturated carbocycles. The molecule has 3 aromatic carbocycles.